The van der Waals surface area contributed by atoms with Crippen molar-refractivity contribution in [2.45, 2.75) is 82.9 Å². The summed E-state index contributed by atoms with van der Waals surface area (Å²) < 4.78 is 5.45. The first-order valence-corrected chi connectivity index (χ1v) is 15.4. The number of hydrogen-bond donors (Lipinski definition) is 3. The van der Waals surface area contributed by atoms with Gasteiger partial charge in [-0.05, 0) is 49.8 Å². The SMILES string of the molecule is CC(C)(C)OC(=O)N[C@H](CC(=O)NC(c1ccccc1)(c1ccccc1)c1ccccc1)C(=O)NCCC1CCCCC1. The molecule has 4 rings (SSSR count). The van der Waals surface area contributed by atoms with E-state index in [9.17, 15) is 14.4 Å². The molecule has 3 aromatic carbocycles. The highest BCUT2D eigenvalue weighted by Crippen LogP contribution is 2.37. The zero-order valence-corrected chi connectivity index (χ0v) is 25.6. The summed E-state index contributed by atoms with van der Waals surface area (Å²) in [5.74, 6) is -0.195. The van der Waals surface area contributed by atoms with Crippen LogP contribution in [0.15, 0.2) is 91.0 Å². The lowest BCUT2D eigenvalue weighted by Crippen LogP contribution is -2.53. The number of hydrogen-bond acceptors (Lipinski definition) is 4. The van der Waals surface area contributed by atoms with Crippen molar-refractivity contribution in [3.63, 3.8) is 0 Å². The van der Waals surface area contributed by atoms with Crippen LogP contribution in [-0.2, 0) is 19.9 Å². The van der Waals surface area contributed by atoms with Crippen molar-refractivity contribution in [1.29, 1.82) is 0 Å². The first-order valence-electron chi connectivity index (χ1n) is 15.4. The van der Waals surface area contributed by atoms with Crippen LogP contribution in [0.5, 0.6) is 0 Å². The van der Waals surface area contributed by atoms with Gasteiger partial charge in [0.25, 0.3) is 0 Å². The third-order valence-electron chi connectivity index (χ3n) is 7.92. The summed E-state index contributed by atoms with van der Waals surface area (Å²) >= 11 is 0. The molecule has 1 aliphatic rings. The second-order valence-electron chi connectivity index (χ2n) is 12.4. The first-order chi connectivity index (χ1) is 20.7. The van der Waals surface area contributed by atoms with Gasteiger partial charge < -0.3 is 20.7 Å². The van der Waals surface area contributed by atoms with E-state index >= 15 is 0 Å². The van der Waals surface area contributed by atoms with Crippen LogP contribution in [0.2, 0.25) is 0 Å². The molecule has 3 amide bonds. The van der Waals surface area contributed by atoms with Gasteiger partial charge >= 0.3 is 6.09 Å². The lowest BCUT2D eigenvalue weighted by atomic mass is 9.77. The molecular formula is C36H45N3O4. The van der Waals surface area contributed by atoms with Crippen molar-refractivity contribution < 1.29 is 19.1 Å². The fraction of sp³-hybridized carbons (Fsp3) is 0.417. The molecule has 0 radical (unpaired) electrons. The summed E-state index contributed by atoms with van der Waals surface area (Å²) in [6.45, 7) is 5.77. The van der Waals surface area contributed by atoms with Crippen molar-refractivity contribution in [2.24, 2.45) is 5.92 Å². The van der Waals surface area contributed by atoms with Crippen LogP contribution in [0, 0.1) is 5.92 Å². The third kappa shape index (κ3) is 8.93. The van der Waals surface area contributed by atoms with Gasteiger partial charge in [0, 0.05) is 6.54 Å². The smallest absolute Gasteiger partial charge is 0.408 e. The van der Waals surface area contributed by atoms with E-state index in [1.165, 1.54) is 32.1 Å². The zero-order valence-electron chi connectivity index (χ0n) is 25.6. The summed E-state index contributed by atoms with van der Waals surface area (Å²) in [4.78, 5) is 40.2. The van der Waals surface area contributed by atoms with Gasteiger partial charge in [-0.2, -0.15) is 0 Å². The highest BCUT2D eigenvalue weighted by atomic mass is 16.6. The molecular weight excluding hydrogens is 538 g/mol. The number of carbonyl (C=O) groups excluding carboxylic acids is 3. The molecule has 3 N–H and O–H groups in total. The Kier molecular flexibility index (Phi) is 11.0. The minimum Gasteiger partial charge on any atom is -0.444 e. The molecule has 7 nitrogen and oxygen atoms in total. The Bertz CT molecular complexity index is 1220. The predicted molar refractivity (Wildman–Crippen MR) is 169 cm³/mol. The molecule has 3 aromatic rings. The fourth-order valence-electron chi connectivity index (χ4n) is 5.88. The van der Waals surface area contributed by atoms with Crippen LogP contribution in [0.25, 0.3) is 0 Å². The minimum atomic E-state index is -1.11. The number of alkyl carbamates (subject to hydrolysis) is 1. The molecule has 228 valence electrons. The first kappa shape index (κ1) is 31.8. The average Bonchev–Trinajstić information content (AvgIpc) is 3.00. The van der Waals surface area contributed by atoms with Crippen LogP contribution in [-0.4, -0.2) is 36.1 Å². The molecule has 43 heavy (non-hydrogen) atoms. The molecule has 1 aliphatic carbocycles. The number of rotatable bonds is 11. The topological polar surface area (TPSA) is 96.5 Å². The fourth-order valence-corrected chi connectivity index (χ4v) is 5.88. The Hall–Kier alpha value is -4.13. The maximum atomic E-state index is 14.0. The molecule has 1 atom stereocenters. The van der Waals surface area contributed by atoms with Crippen molar-refractivity contribution in [3.05, 3.63) is 108 Å². The maximum absolute atomic E-state index is 14.0. The highest BCUT2D eigenvalue weighted by Gasteiger charge is 2.39. The van der Waals surface area contributed by atoms with E-state index in [2.05, 4.69) is 16.0 Å². The normalized spacial score (nSPS) is 14.8. The van der Waals surface area contributed by atoms with E-state index in [1.807, 2.05) is 91.0 Å². The largest absolute Gasteiger partial charge is 0.444 e. The van der Waals surface area contributed by atoms with Crippen LogP contribution in [0.4, 0.5) is 4.79 Å². The summed E-state index contributed by atoms with van der Waals surface area (Å²) in [5.41, 5.74) is 0.824. The number of carbonyl (C=O) groups is 3. The predicted octanol–water partition coefficient (Wildman–Crippen LogP) is 6.46. The van der Waals surface area contributed by atoms with Gasteiger partial charge in [-0.15, -0.1) is 0 Å². The number of benzene rings is 3. The molecule has 0 bridgehead atoms. The summed E-state index contributed by atoms with van der Waals surface area (Å²) in [5, 5.41) is 8.92. The number of amides is 3. The molecule has 0 spiro atoms. The third-order valence-corrected chi connectivity index (χ3v) is 7.92. The van der Waals surface area contributed by atoms with E-state index < -0.39 is 29.2 Å². The quantitative estimate of drug-likeness (QED) is 0.226. The highest BCUT2D eigenvalue weighted by molar-refractivity contribution is 5.91. The minimum absolute atomic E-state index is 0.261. The molecule has 0 aliphatic heterocycles. The summed E-state index contributed by atoms with van der Waals surface area (Å²) in [6.07, 6.45) is 5.97. The Labute approximate surface area is 255 Å². The van der Waals surface area contributed by atoms with Crippen LogP contribution < -0.4 is 16.0 Å². The molecule has 7 heteroatoms. The van der Waals surface area contributed by atoms with Crippen LogP contribution >= 0.6 is 0 Å². The number of nitrogens with one attached hydrogen (secondary N) is 3. The molecule has 0 saturated heterocycles. The molecule has 0 unspecified atom stereocenters. The van der Waals surface area contributed by atoms with Gasteiger partial charge in [-0.25, -0.2) is 4.79 Å². The van der Waals surface area contributed by atoms with E-state index in [4.69, 9.17) is 4.74 Å². The number of ether oxygens (including phenoxy) is 1. The van der Waals surface area contributed by atoms with E-state index in [-0.39, 0.29) is 12.3 Å². The monoisotopic (exact) mass is 583 g/mol. The maximum Gasteiger partial charge on any atom is 0.408 e. The standard InChI is InChI=1S/C36H45N3O4/c1-35(2,3)43-34(42)38-31(33(41)37-25-24-27-16-8-4-9-17-27)26-32(40)39-36(28-18-10-5-11-19-28,29-20-12-6-13-21-29)30-22-14-7-15-23-30/h5-7,10-15,18-23,27,31H,4,8-9,16-17,24-26H2,1-3H3,(H,37,41)(H,38,42)(H,39,40)/t31-/m1/s1. The molecule has 0 aromatic heterocycles. The summed E-state index contributed by atoms with van der Waals surface area (Å²) in [6, 6.07) is 28.2. The Balaban J connectivity index is 1.60. The van der Waals surface area contributed by atoms with E-state index in [0.29, 0.717) is 12.5 Å². The van der Waals surface area contributed by atoms with Gasteiger partial charge in [0.2, 0.25) is 11.8 Å². The van der Waals surface area contributed by atoms with Gasteiger partial charge in [0.05, 0.1) is 6.42 Å². The van der Waals surface area contributed by atoms with Crippen LogP contribution in [0.1, 0.15) is 82.4 Å². The van der Waals surface area contributed by atoms with Crippen molar-refractivity contribution >= 4 is 17.9 Å². The zero-order chi connectivity index (χ0) is 30.7. The van der Waals surface area contributed by atoms with Crippen molar-refractivity contribution in [2.75, 3.05) is 6.54 Å². The second-order valence-corrected chi connectivity index (χ2v) is 12.4. The van der Waals surface area contributed by atoms with Gasteiger partial charge in [-0.1, -0.05) is 123 Å². The Morgan fingerprint density at radius 3 is 1.72 bits per heavy atom. The molecule has 0 heterocycles. The lowest BCUT2D eigenvalue weighted by molar-refractivity contribution is -0.129. The van der Waals surface area contributed by atoms with E-state index in [0.717, 1.165) is 23.1 Å². The second kappa shape index (κ2) is 14.9. The Morgan fingerprint density at radius 2 is 1.26 bits per heavy atom. The Morgan fingerprint density at radius 1 is 0.767 bits per heavy atom. The van der Waals surface area contributed by atoms with E-state index in [1.54, 1.807) is 20.8 Å². The van der Waals surface area contributed by atoms with Gasteiger partial charge in [-0.3, -0.25) is 9.59 Å². The van der Waals surface area contributed by atoms with Crippen molar-refractivity contribution in [1.82, 2.24) is 16.0 Å². The van der Waals surface area contributed by atoms with Gasteiger partial charge in [0.1, 0.15) is 17.2 Å². The lowest BCUT2D eigenvalue weighted by Gasteiger charge is -2.37. The molecule has 1 saturated carbocycles. The molecule has 1 fully saturated rings. The van der Waals surface area contributed by atoms with Crippen LogP contribution in [0.3, 0.4) is 0 Å². The van der Waals surface area contributed by atoms with Gasteiger partial charge in [0.15, 0.2) is 0 Å². The van der Waals surface area contributed by atoms with Crippen molar-refractivity contribution in [3.8, 4) is 0 Å². The average molecular weight is 584 g/mol. The summed E-state index contributed by atoms with van der Waals surface area (Å²) in [7, 11) is 0.